The largest absolute Gasteiger partial charge is 0.401 e. The van der Waals surface area contributed by atoms with Gasteiger partial charge in [-0.25, -0.2) is 5.06 Å². The third-order valence-corrected chi connectivity index (χ3v) is 6.68. The molecule has 2 aliphatic rings. The highest BCUT2D eigenvalue weighted by atomic mass is 19.4. The van der Waals surface area contributed by atoms with E-state index in [1.165, 1.54) is 29.8 Å². The highest BCUT2D eigenvalue weighted by Crippen LogP contribution is 2.24. The van der Waals surface area contributed by atoms with E-state index in [0.717, 1.165) is 30.0 Å². The van der Waals surface area contributed by atoms with Gasteiger partial charge in [0.1, 0.15) is 0 Å². The van der Waals surface area contributed by atoms with Crippen LogP contribution in [-0.4, -0.2) is 84.5 Å². The van der Waals surface area contributed by atoms with Crippen LogP contribution in [0.1, 0.15) is 24.8 Å². The molecule has 2 aliphatic heterocycles. The number of benzene rings is 2. The molecule has 0 saturated carbocycles. The van der Waals surface area contributed by atoms with Gasteiger partial charge in [0.2, 0.25) is 0 Å². The summed E-state index contributed by atoms with van der Waals surface area (Å²) in [5.74, 6) is -0.477. The van der Waals surface area contributed by atoms with Crippen molar-refractivity contribution in [3.63, 3.8) is 0 Å². The number of piperidine rings is 1. The van der Waals surface area contributed by atoms with Crippen molar-refractivity contribution in [3.05, 3.63) is 54.1 Å². The Balaban J connectivity index is 1.21. The number of hydrogen-bond acceptors (Lipinski definition) is 6. The third kappa shape index (κ3) is 7.84. The zero-order valence-electron chi connectivity index (χ0n) is 20.4. The van der Waals surface area contributed by atoms with Crippen LogP contribution in [0.3, 0.4) is 0 Å². The number of piperazine rings is 1. The highest BCUT2D eigenvalue weighted by Gasteiger charge is 2.32. The SMILES string of the molecule is O=C(CN1CCN(CC(F)(F)F)CC1)N(O)Cc1ccc(Nc2ccc(N3CCCCC3)cc2)cc1. The number of halogens is 3. The highest BCUT2D eigenvalue weighted by molar-refractivity contribution is 5.77. The minimum Gasteiger partial charge on any atom is -0.372 e. The summed E-state index contributed by atoms with van der Waals surface area (Å²) < 4.78 is 37.6. The molecule has 36 heavy (non-hydrogen) atoms. The second-order valence-electron chi connectivity index (χ2n) is 9.54. The molecular weight excluding hydrogens is 471 g/mol. The van der Waals surface area contributed by atoms with E-state index in [-0.39, 0.29) is 26.2 Å². The Kier molecular flexibility index (Phi) is 8.71. The Morgan fingerprint density at radius 1 is 0.833 bits per heavy atom. The molecule has 0 atom stereocenters. The Morgan fingerprint density at radius 3 is 1.97 bits per heavy atom. The van der Waals surface area contributed by atoms with Gasteiger partial charge in [0.05, 0.1) is 19.6 Å². The van der Waals surface area contributed by atoms with Gasteiger partial charge in [-0.3, -0.25) is 19.8 Å². The summed E-state index contributed by atoms with van der Waals surface area (Å²) in [5.41, 5.74) is 3.90. The van der Waals surface area contributed by atoms with Gasteiger partial charge in [0.25, 0.3) is 5.91 Å². The summed E-state index contributed by atoms with van der Waals surface area (Å²) in [7, 11) is 0. The molecule has 0 aliphatic carbocycles. The molecule has 0 radical (unpaired) electrons. The van der Waals surface area contributed by atoms with Crippen LogP contribution in [0.2, 0.25) is 0 Å². The van der Waals surface area contributed by atoms with Crippen LogP contribution in [0, 0.1) is 0 Å². The molecule has 0 aromatic heterocycles. The van der Waals surface area contributed by atoms with Crippen molar-refractivity contribution in [3.8, 4) is 0 Å². The van der Waals surface area contributed by atoms with Crippen molar-refractivity contribution in [1.82, 2.24) is 14.9 Å². The molecule has 196 valence electrons. The monoisotopic (exact) mass is 505 g/mol. The number of hydrogen-bond donors (Lipinski definition) is 2. The zero-order valence-corrected chi connectivity index (χ0v) is 20.4. The lowest BCUT2D eigenvalue weighted by Gasteiger charge is -2.34. The van der Waals surface area contributed by atoms with Gasteiger partial charge in [0, 0.05) is 56.3 Å². The number of hydroxylamine groups is 2. The number of nitrogens with one attached hydrogen (secondary N) is 1. The maximum atomic E-state index is 12.5. The van der Waals surface area contributed by atoms with E-state index in [1.807, 2.05) is 24.3 Å². The Morgan fingerprint density at radius 2 is 1.39 bits per heavy atom. The number of carbonyl (C=O) groups is 1. The lowest BCUT2D eigenvalue weighted by Crippen LogP contribution is -2.51. The normalized spacial score (nSPS) is 17.7. The van der Waals surface area contributed by atoms with E-state index in [4.69, 9.17) is 0 Å². The number of carbonyl (C=O) groups excluding carboxylic acids is 1. The fourth-order valence-electron chi connectivity index (χ4n) is 4.66. The van der Waals surface area contributed by atoms with Crippen LogP contribution < -0.4 is 10.2 Å². The molecule has 1 amide bonds. The summed E-state index contributed by atoms with van der Waals surface area (Å²) in [6.07, 6.45) is -0.431. The van der Waals surface area contributed by atoms with Crippen LogP contribution >= 0.6 is 0 Å². The minimum atomic E-state index is -4.22. The topological polar surface area (TPSA) is 62.3 Å². The van der Waals surface area contributed by atoms with Gasteiger partial charge < -0.3 is 10.2 Å². The zero-order chi connectivity index (χ0) is 25.5. The summed E-state index contributed by atoms with van der Waals surface area (Å²) in [6.45, 7) is 2.50. The van der Waals surface area contributed by atoms with Gasteiger partial charge in [-0.1, -0.05) is 12.1 Å². The number of rotatable bonds is 8. The van der Waals surface area contributed by atoms with Crippen molar-refractivity contribution < 1.29 is 23.2 Å². The van der Waals surface area contributed by atoms with Gasteiger partial charge in [0.15, 0.2) is 0 Å². The summed E-state index contributed by atoms with van der Waals surface area (Å²) >= 11 is 0. The second-order valence-corrected chi connectivity index (χ2v) is 9.54. The molecule has 4 rings (SSSR count). The number of anilines is 3. The Hall–Kier alpha value is -2.82. The molecule has 0 bridgehead atoms. The van der Waals surface area contributed by atoms with Crippen molar-refractivity contribution in [2.45, 2.75) is 32.0 Å². The summed E-state index contributed by atoms with van der Waals surface area (Å²) in [4.78, 5) is 17.9. The van der Waals surface area contributed by atoms with Crippen molar-refractivity contribution in [2.75, 3.05) is 62.6 Å². The average molecular weight is 506 g/mol. The van der Waals surface area contributed by atoms with Crippen LogP contribution in [0.15, 0.2) is 48.5 Å². The van der Waals surface area contributed by atoms with Gasteiger partial charge in [-0.05, 0) is 61.2 Å². The molecule has 2 heterocycles. The molecule has 2 aromatic rings. The van der Waals surface area contributed by atoms with Gasteiger partial charge in [-0.15, -0.1) is 0 Å². The minimum absolute atomic E-state index is 0.0244. The lowest BCUT2D eigenvalue weighted by molar-refractivity contribution is -0.170. The Bertz CT molecular complexity index is 971. The molecule has 2 saturated heterocycles. The van der Waals surface area contributed by atoms with Crippen LogP contribution in [0.4, 0.5) is 30.2 Å². The maximum Gasteiger partial charge on any atom is 0.401 e. The van der Waals surface area contributed by atoms with E-state index < -0.39 is 18.6 Å². The molecular formula is C26H34F3N5O2. The van der Waals surface area contributed by atoms with E-state index in [0.29, 0.717) is 18.2 Å². The van der Waals surface area contributed by atoms with Crippen LogP contribution in [0.25, 0.3) is 0 Å². The first-order chi connectivity index (χ1) is 17.2. The quantitative estimate of drug-likeness (QED) is 0.412. The average Bonchev–Trinajstić information content (AvgIpc) is 2.86. The lowest BCUT2D eigenvalue weighted by atomic mass is 10.1. The molecule has 0 spiro atoms. The first-order valence-corrected chi connectivity index (χ1v) is 12.5. The van der Waals surface area contributed by atoms with E-state index in [9.17, 15) is 23.2 Å². The van der Waals surface area contributed by atoms with Gasteiger partial charge >= 0.3 is 6.18 Å². The third-order valence-electron chi connectivity index (χ3n) is 6.68. The molecule has 2 aromatic carbocycles. The second kappa shape index (κ2) is 11.9. The van der Waals surface area contributed by atoms with E-state index in [1.54, 1.807) is 4.90 Å². The smallest absolute Gasteiger partial charge is 0.372 e. The van der Waals surface area contributed by atoms with Crippen molar-refractivity contribution in [1.29, 1.82) is 0 Å². The molecule has 0 unspecified atom stereocenters. The fraction of sp³-hybridized carbons (Fsp3) is 0.500. The maximum absolute atomic E-state index is 12.5. The summed E-state index contributed by atoms with van der Waals surface area (Å²) in [5, 5.41) is 14.3. The van der Waals surface area contributed by atoms with Crippen LogP contribution in [0.5, 0.6) is 0 Å². The summed E-state index contributed by atoms with van der Waals surface area (Å²) in [6, 6.07) is 15.9. The number of alkyl halides is 3. The predicted molar refractivity (Wildman–Crippen MR) is 134 cm³/mol. The first-order valence-electron chi connectivity index (χ1n) is 12.5. The molecule has 2 fully saturated rings. The standard InChI is InChI=1S/C26H34F3N5O2/c27-26(28,29)20-32-16-14-31(15-17-32)19-25(35)34(36)18-21-4-6-22(7-5-21)30-23-8-10-24(11-9-23)33-12-2-1-3-13-33/h4-11,30,36H,1-3,12-20H2. The first kappa shape index (κ1) is 26.2. The Labute approximate surface area is 210 Å². The van der Waals surface area contributed by atoms with E-state index >= 15 is 0 Å². The van der Waals surface area contributed by atoms with Crippen molar-refractivity contribution >= 4 is 23.0 Å². The van der Waals surface area contributed by atoms with Crippen molar-refractivity contribution in [2.24, 2.45) is 0 Å². The number of nitrogens with zero attached hydrogens (tertiary/aromatic N) is 4. The molecule has 2 N–H and O–H groups in total. The predicted octanol–water partition coefficient (Wildman–Crippen LogP) is 4.32. The van der Waals surface area contributed by atoms with Gasteiger partial charge in [-0.2, -0.15) is 13.2 Å². The molecule has 10 heteroatoms. The molecule has 7 nitrogen and oxygen atoms in total. The number of amides is 1. The van der Waals surface area contributed by atoms with E-state index in [2.05, 4.69) is 34.5 Å². The fourth-order valence-corrected chi connectivity index (χ4v) is 4.66. The van der Waals surface area contributed by atoms with Crippen LogP contribution in [-0.2, 0) is 11.3 Å².